The van der Waals surface area contributed by atoms with Crippen molar-refractivity contribution in [2.45, 2.75) is 43.4 Å². The summed E-state index contributed by atoms with van der Waals surface area (Å²) in [5.74, 6) is 1.26. The second-order valence-electron chi connectivity index (χ2n) is 7.63. The maximum absolute atomic E-state index is 12.6. The smallest absolute Gasteiger partial charge is 0.153 e. The molecule has 0 aromatic carbocycles. The van der Waals surface area contributed by atoms with E-state index >= 15 is 0 Å². The summed E-state index contributed by atoms with van der Waals surface area (Å²) in [6.07, 6.45) is 7.00. The minimum atomic E-state index is -3.10. The summed E-state index contributed by atoms with van der Waals surface area (Å²) in [6, 6.07) is 4.48. The lowest BCUT2D eigenvalue weighted by Gasteiger charge is -2.42. The van der Waals surface area contributed by atoms with E-state index < -0.39 is 9.84 Å². The molecule has 26 heavy (non-hydrogen) atoms. The van der Waals surface area contributed by atoms with Crippen LogP contribution in [0.1, 0.15) is 32.1 Å². The first-order valence-electron chi connectivity index (χ1n) is 9.10. The molecule has 2 aliphatic carbocycles. The highest BCUT2D eigenvalue weighted by molar-refractivity contribution is 7.92. The average molecular weight is 373 g/mol. The molecule has 0 unspecified atom stereocenters. The van der Waals surface area contributed by atoms with E-state index in [4.69, 9.17) is 5.26 Å². The molecule has 0 bridgehead atoms. The van der Waals surface area contributed by atoms with E-state index in [9.17, 15) is 8.42 Å². The van der Waals surface area contributed by atoms with Gasteiger partial charge in [0, 0.05) is 25.2 Å². The van der Waals surface area contributed by atoms with Gasteiger partial charge in [-0.2, -0.15) is 5.26 Å². The highest BCUT2D eigenvalue weighted by Crippen LogP contribution is 2.38. The monoisotopic (exact) mass is 373 g/mol. The van der Waals surface area contributed by atoms with Crippen LogP contribution in [-0.2, 0) is 9.84 Å². The number of hydrogen-bond donors (Lipinski definition) is 1. The molecule has 0 amide bonds. The molecule has 2 aromatic rings. The van der Waals surface area contributed by atoms with Gasteiger partial charge in [0.25, 0.3) is 0 Å². The molecule has 8 heteroatoms. The first-order valence-corrected chi connectivity index (χ1v) is 10.8. The molecule has 1 N–H and O–H groups in total. The Bertz CT molecular complexity index is 942. The lowest BCUT2D eigenvalue weighted by atomic mass is 9.81. The summed E-state index contributed by atoms with van der Waals surface area (Å²) >= 11 is 0. The molecule has 2 heterocycles. The van der Waals surface area contributed by atoms with Gasteiger partial charge in [-0.25, -0.2) is 18.4 Å². The maximum Gasteiger partial charge on any atom is 0.153 e. The first kappa shape index (κ1) is 17.3. The second kappa shape index (κ2) is 6.54. The van der Waals surface area contributed by atoms with Gasteiger partial charge in [-0.15, -0.1) is 0 Å². The van der Waals surface area contributed by atoms with Crippen LogP contribution in [0.25, 0.3) is 11.0 Å². The van der Waals surface area contributed by atoms with Gasteiger partial charge in [-0.1, -0.05) is 0 Å². The Balaban J connectivity index is 1.37. The van der Waals surface area contributed by atoms with Crippen molar-refractivity contribution in [1.82, 2.24) is 15.0 Å². The van der Waals surface area contributed by atoms with Crippen LogP contribution in [0.2, 0.25) is 0 Å². The number of hydrogen-bond acceptors (Lipinski definition) is 6. The Hall–Kier alpha value is -2.14. The lowest BCUT2D eigenvalue weighted by molar-refractivity contribution is 0.281. The van der Waals surface area contributed by atoms with Crippen molar-refractivity contribution in [3.63, 3.8) is 0 Å². The predicted molar refractivity (Wildman–Crippen MR) is 99.3 cm³/mol. The summed E-state index contributed by atoms with van der Waals surface area (Å²) < 4.78 is 25.3. The fourth-order valence-electron chi connectivity index (χ4n) is 4.31. The lowest BCUT2D eigenvalue weighted by Crippen LogP contribution is -2.46. The summed E-state index contributed by atoms with van der Waals surface area (Å²) in [6.45, 7) is 0. The van der Waals surface area contributed by atoms with Crippen LogP contribution in [0.3, 0.4) is 0 Å². The SMILES string of the molecule is CN(c1ncnc2[nH]ccc12)C1CC(CS(=O)(=O)[C@H]2CC[C@H](C#N)C2)C1. The van der Waals surface area contributed by atoms with E-state index in [1.54, 1.807) is 6.33 Å². The zero-order valence-electron chi connectivity index (χ0n) is 14.8. The number of sulfone groups is 1. The third-order valence-electron chi connectivity index (χ3n) is 5.97. The van der Waals surface area contributed by atoms with E-state index in [0.717, 1.165) is 36.1 Å². The largest absolute Gasteiger partial charge is 0.356 e. The van der Waals surface area contributed by atoms with E-state index in [1.807, 2.05) is 19.3 Å². The number of nitrogens with one attached hydrogen (secondary N) is 1. The van der Waals surface area contributed by atoms with Gasteiger partial charge in [0.2, 0.25) is 0 Å². The number of rotatable bonds is 5. The van der Waals surface area contributed by atoms with Crippen molar-refractivity contribution in [2.24, 2.45) is 11.8 Å². The molecule has 7 nitrogen and oxygen atoms in total. The molecule has 0 radical (unpaired) electrons. The van der Waals surface area contributed by atoms with Crippen LogP contribution in [0, 0.1) is 23.2 Å². The predicted octanol–water partition coefficient (Wildman–Crippen LogP) is 2.28. The van der Waals surface area contributed by atoms with Crippen LogP contribution < -0.4 is 4.90 Å². The topological polar surface area (TPSA) is 103 Å². The standard InChI is InChI=1S/C18H23N5O2S/c1-23(18-16-4-5-20-17(16)21-11-22-18)14-6-13(7-14)10-26(24,25)15-3-2-12(8-15)9-19/h4-5,11-15H,2-3,6-8,10H2,1H3,(H,20,21,22)/t12-,13?,14?,15-/m0/s1. The molecule has 0 spiro atoms. The minimum Gasteiger partial charge on any atom is -0.356 e. The number of aromatic nitrogens is 3. The van der Waals surface area contributed by atoms with Gasteiger partial charge < -0.3 is 9.88 Å². The highest BCUT2D eigenvalue weighted by Gasteiger charge is 2.40. The van der Waals surface area contributed by atoms with Gasteiger partial charge in [0.15, 0.2) is 9.84 Å². The molecule has 2 aliphatic rings. The summed E-state index contributed by atoms with van der Waals surface area (Å²) in [7, 11) is -1.09. The number of H-pyrrole nitrogens is 1. The fraction of sp³-hybridized carbons (Fsp3) is 0.611. The molecule has 2 saturated carbocycles. The van der Waals surface area contributed by atoms with Crippen LogP contribution >= 0.6 is 0 Å². The maximum atomic E-state index is 12.6. The Kier molecular flexibility index (Phi) is 4.35. The third-order valence-corrected chi connectivity index (χ3v) is 8.35. The van der Waals surface area contributed by atoms with E-state index in [0.29, 0.717) is 18.9 Å². The van der Waals surface area contributed by atoms with Crippen molar-refractivity contribution < 1.29 is 8.42 Å². The quantitative estimate of drug-likeness (QED) is 0.862. The van der Waals surface area contributed by atoms with E-state index in [-0.39, 0.29) is 22.8 Å². The van der Waals surface area contributed by atoms with Crippen molar-refractivity contribution in [1.29, 1.82) is 5.26 Å². The van der Waals surface area contributed by atoms with Crippen LogP contribution in [0.15, 0.2) is 18.6 Å². The van der Waals surface area contributed by atoms with E-state index in [1.165, 1.54) is 0 Å². The second-order valence-corrected chi connectivity index (χ2v) is 9.96. The molecule has 138 valence electrons. The number of fused-ring (bicyclic) bond motifs is 1. The van der Waals surface area contributed by atoms with Crippen molar-refractivity contribution in [2.75, 3.05) is 17.7 Å². The van der Waals surface area contributed by atoms with Gasteiger partial charge in [0.1, 0.15) is 17.8 Å². The Morgan fingerprint density at radius 2 is 2.12 bits per heavy atom. The number of anilines is 1. The molecular weight excluding hydrogens is 350 g/mol. The molecular formula is C18H23N5O2S. The minimum absolute atomic E-state index is 0.0865. The normalized spacial score (nSPS) is 28.6. The number of nitriles is 1. The Labute approximate surface area is 153 Å². The molecule has 0 aliphatic heterocycles. The molecule has 2 fully saturated rings. The van der Waals surface area contributed by atoms with E-state index in [2.05, 4.69) is 25.9 Å². The molecule has 2 atom stereocenters. The van der Waals surface area contributed by atoms with Gasteiger partial charge >= 0.3 is 0 Å². The zero-order chi connectivity index (χ0) is 18.3. The molecule has 4 rings (SSSR count). The number of aromatic amines is 1. The van der Waals surface area contributed by atoms with Gasteiger partial charge in [-0.3, -0.25) is 0 Å². The first-order chi connectivity index (χ1) is 12.5. The number of nitrogens with zero attached hydrogens (tertiary/aromatic N) is 4. The van der Waals surface area contributed by atoms with Crippen molar-refractivity contribution in [3.05, 3.63) is 18.6 Å². The molecule has 2 aromatic heterocycles. The third kappa shape index (κ3) is 3.05. The van der Waals surface area contributed by atoms with Crippen molar-refractivity contribution >= 4 is 26.7 Å². The van der Waals surface area contributed by atoms with Crippen LogP contribution in [0.4, 0.5) is 5.82 Å². The van der Waals surface area contributed by atoms with Crippen molar-refractivity contribution in [3.8, 4) is 6.07 Å². The average Bonchev–Trinajstić information content (AvgIpc) is 3.25. The summed E-state index contributed by atoms with van der Waals surface area (Å²) in [5, 5.41) is 9.66. The van der Waals surface area contributed by atoms with Crippen LogP contribution in [0.5, 0.6) is 0 Å². The highest BCUT2D eigenvalue weighted by atomic mass is 32.2. The Morgan fingerprint density at radius 1 is 1.31 bits per heavy atom. The zero-order valence-corrected chi connectivity index (χ0v) is 15.6. The van der Waals surface area contributed by atoms with Gasteiger partial charge in [0.05, 0.1) is 22.5 Å². The summed E-state index contributed by atoms with van der Waals surface area (Å²) in [4.78, 5) is 13.9. The molecule has 0 saturated heterocycles. The fourth-order valence-corrected chi connectivity index (χ4v) is 6.54. The Morgan fingerprint density at radius 3 is 2.85 bits per heavy atom. The van der Waals surface area contributed by atoms with Crippen LogP contribution in [-0.4, -0.2) is 47.5 Å². The van der Waals surface area contributed by atoms with Gasteiger partial charge in [-0.05, 0) is 44.1 Å². The summed E-state index contributed by atoms with van der Waals surface area (Å²) in [5.41, 5.74) is 0.814.